The van der Waals surface area contributed by atoms with E-state index in [0.29, 0.717) is 16.4 Å². The van der Waals surface area contributed by atoms with Crippen molar-refractivity contribution >= 4 is 49.6 Å². The molecule has 0 aliphatic heterocycles. The largest absolute Gasteiger partial charge is 0.396 e. The molecule has 28 heavy (non-hydrogen) atoms. The van der Waals surface area contributed by atoms with Crippen molar-refractivity contribution in [3.63, 3.8) is 0 Å². The van der Waals surface area contributed by atoms with Gasteiger partial charge in [0.25, 0.3) is 5.91 Å². The minimum absolute atomic E-state index is 0.0917. The zero-order chi connectivity index (χ0) is 19.7. The number of anilines is 2. The van der Waals surface area contributed by atoms with E-state index in [-0.39, 0.29) is 12.5 Å². The fourth-order valence-corrected chi connectivity index (χ4v) is 4.76. The predicted molar refractivity (Wildman–Crippen MR) is 117 cm³/mol. The van der Waals surface area contributed by atoms with Crippen LogP contribution in [-0.4, -0.2) is 22.6 Å². The molecule has 1 amide bonds. The van der Waals surface area contributed by atoms with Crippen molar-refractivity contribution in [3.05, 3.63) is 65.0 Å². The number of pyridine rings is 1. The highest BCUT2D eigenvalue weighted by atomic mass is 32.1. The van der Waals surface area contributed by atoms with Gasteiger partial charge in [0.2, 0.25) is 0 Å². The van der Waals surface area contributed by atoms with Crippen LogP contribution < -0.4 is 11.1 Å². The number of thiophene rings is 2. The van der Waals surface area contributed by atoms with Crippen molar-refractivity contribution in [1.29, 1.82) is 0 Å². The van der Waals surface area contributed by atoms with E-state index in [2.05, 4.69) is 10.3 Å². The summed E-state index contributed by atoms with van der Waals surface area (Å²) in [4.78, 5) is 18.4. The third-order valence-corrected chi connectivity index (χ3v) is 6.52. The molecule has 7 heteroatoms. The van der Waals surface area contributed by atoms with Gasteiger partial charge in [-0.2, -0.15) is 0 Å². The lowest BCUT2D eigenvalue weighted by molar-refractivity contribution is 0.100. The molecule has 0 aliphatic rings. The minimum Gasteiger partial charge on any atom is -0.396 e. The summed E-state index contributed by atoms with van der Waals surface area (Å²) in [6, 6.07) is 15.7. The number of rotatable bonds is 6. The quantitative estimate of drug-likeness (QED) is 0.420. The van der Waals surface area contributed by atoms with Crippen LogP contribution in [0.4, 0.5) is 10.8 Å². The van der Waals surface area contributed by atoms with Gasteiger partial charge in [-0.3, -0.25) is 4.79 Å². The molecular formula is C21H19N3O2S2. The smallest absolute Gasteiger partial charge is 0.251 e. The van der Waals surface area contributed by atoms with Crippen LogP contribution in [0.5, 0.6) is 0 Å². The summed E-state index contributed by atoms with van der Waals surface area (Å²) >= 11 is 3.04. The number of benzene rings is 1. The predicted octanol–water partition coefficient (Wildman–Crippen LogP) is 4.96. The molecular weight excluding hydrogens is 390 g/mol. The van der Waals surface area contributed by atoms with Crippen LogP contribution in [0.2, 0.25) is 0 Å². The Bertz CT molecular complexity index is 1130. The lowest BCUT2D eigenvalue weighted by Gasteiger charge is -2.08. The maximum Gasteiger partial charge on any atom is 0.251 e. The minimum atomic E-state index is -0.479. The number of amides is 1. The van der Waals surface area contributed by atoms with Gasteiger partial charge >= 0.3 is 0 Å². The molecule has 4 rings (SSSR count). The van der Waals surface area contributed by atoms with Crippen molar-refractivity contribution in [1.82, 2.24) is 4.98 Å². The zero-order valence-corrected chi connectivity index (χ0v) is 16.8. The summed E-state index contributed by atoms with van der Waals surface area (Å²) in [5, 5.41) is 16.3. The molecule has 1 atom stereocenters. The summed E-state index contributed by atoms with van der Waals surface area (Å²) in [6.45, 7) is 2.09. The summed E-state index contributed by atoms with van der Waals surface area (Å²) in [5.74, 6) is 0.291. The highest BCUT2D eigenvalue weighted by molar-refractivity contribution is 7.20. The van der Waals surface area contributed by atoms with Gasteiger partial charge in [-0.05, 0) is 40.8 Å². The van der Waals surface area contributed by atoms with Crippen LogP contribution in [0.3, 0.4) is 0 Å². The fourth-order valence-electron chi connectivity index (χ4n) is 2.92. The van der Waals surface area contributed by atoms with E-state index < -0.39 is 5.91 Å². The van der Waals surface area contributed by atoms with Gasteiger partial charge in [-0.25, -0.2) is 4.98 Å². The average Bonchev–Trinajstić information content (AvgIpc) is 3.34. The van der Waals surface area contributed by atoms with E-state index in [9.17, 15) is 9.90 Å². The Kier molecular flexibility index (Phi) is 5.13. The molecule has 0 aliphatic carbocycles. The molecule has 1 unspecified atom stereocenters. The Morgan fingerprint density at radius 1 is 1.21 bits per heavy atom. The normalized spacial score (nSPS) is 12.2. The first-order valence-electron chi connectivity index (χ1n) is 8.81. The van der Waals surface area contributed by atoms with Crippen LogP contribution in [-0.2, 0) is 0 Å². The van der Waals surface area contributed by atoms with E-state index in [1.165, 1.54) is 11.3 Å². The number of carbonyl (C=O) groups excluding carboxylic acids is 1. The molecule has 0 radical (unpaired) electrons. The number of hydrogen-bond acceptors (Lipinski definition) is 6. The lowest BCUT2D eigenvalue weighted by atomic mass is 10.0. The number of carbonyl (C=O) groups is 1. The molecule has 3 heterocycles. The maximum atomic E-state index is 12.0. The number of fused-ring (bicyclic) bond motifs is 1. The lowest BCUT2D eigenvalue weighted by Crippen LogP contribution is -2.11. The van der Waals surface area contributed by atoms with Crippen molar-refractivity contribution in [2.24, 2.45) is 5.73 Å². The second-order valence-corrected chi connectivity index (χ2v) is 8.51. The number of primary amides is 1. The number of aliphatic hydroxyl groups is 1. The summed E-state index contributed by atoms with van der Waals surface area (Å²) in [7, 11) is 0. The van der Waals surface area contributed by atoms with E-state index in [4.69, 9.17) is 5.73 Å². The van der Waals surface area contributed by atoms with Crippen LogP contribution >= 0.6 is 22.7 Å². The standard InChI is InChI=1S/C21H19N3O2S2/c1-12(11-25)13-2-4-14(5-3-13)17-10-16(19(22)26)21(28-17)24-18-7-6-15-8-9-27-20(15)23-18/h2-10,12,25H,11H2,1H3,(H2,22,26)(H,23,24). The maximum absolute atomic E-state index is 12.0. The topological polar surface area (TPSA) is 88.2 Å². The number of hydrogen-bond donors (Lipinski definition) is 3. The molecule has 1 aromatic carbocycles. The molecule has 4 N–H and O–H groups in total. The van der Waals surface area contributed by atoms with E-state index in [0.717, 1.165) is 26.2 Å². The Labute approximate surface area is 170 Å². The number of aliphatic hydroxyl groups excluding tert-OH is 1. The van der Waals surface area contributed by atoms with Gasteiger partial charge in [0.15, 0.2) is 0 Å². The molecule has 0 saturated heterocycles. The van der Waals surface area contributed by atoms with E-state index >= 15 is 0 Å². The van der Waals surface area contributed by atoms with Gasteiger partial charge in [0, 0.05) is 22.8 Å². The zero-order valence-electron chi connectivity index (χ0n) is 15.2. The van der Waals surface area contributed by atoms with Gasteiger partial charge in [-0.1, -0.05) is 31.2 Å². The van der Waals surface area contributed by atoms with Gasteiger partial charge in [0.05, 0.1) is 5.56 Å². The monoisotopic (exact) mass is 409 g/mol. The molecule has 3 aromatic heterocycles. The Morgan fingerprint density at radius 3 is 2.71 bits per heavy atom. The number of nitrogens with zero attached hydrogens (tertiary/aromatic N) is 1. The Hall–Kier alpha value is -2.74. The van der Waals surface area contributed by atoms with Crippen LogP contribution in [0, 0.1) is 0 Å². The van der Waals surface area contributed by atoms with E-state index in [1.54, 1.807) is 11.3 Å². The molecule has 0 saturated carbocycles. The van der Waals surface area contributed by atoms with Crippen molar-refractivity contribution in [3.8, 4) is 10.4 Å². The highest BCUT2D eigenvalue weighted by Crippen LogP contribution is 2.37. The highest BCUT2D eigenvalue weighted by Gasteiger charge is 2.16. The fraction of sp³-hybridized carbons (Fsp3) is 0.143. The van der Waals surface area contributed by atoms with E-state index in [1.807, 2.05) is 60.8 Å². The van der Waals surface area contributed by atoms with Crippen molar-refractivity contribution in [2.75, 3.05) is 11.9 Å². The van der Waals surface area contributed by atoms with Gasteiger partial charge in [0.1, 0.15) is 15.6 Å². The third-order valence-electron chi connectivity index (χ3n) is 4.59. The first-order chi connectivity index (χ1) is 13.5. The number of nitrogens with one attached hydrogen (secondary N) is 1. The average molecular weight is 410 g/mol. The van der Waals surface area contributed by atoms with Gasteiger partial charge < -0.3 is 16.2 Å². The second-order valence-electron chi connectivity index (χ2n) is 6.56. The molecule has 4 aromatic rings. The number of nitrogens with two attached hydrogens (primary N) is 1. The van der Waals surface area contributed by atoms with Crippen molar-refractivity contribution < 1.29 is 9.90 Å². The molecule has 0 spiro atoms. The first-order valence-corrected chi connectivity index (χ1v) is 10.5. The molecule has 0 bridgehead atoms. The van der Waals surface area contributed by atoms with Gasteiger partial charge in [-0.15, -0.1) is 22.7 Å². The molecule has 5 nitrogen and oxygen atoms in total. The van der Waals surface area contributed by atoms with Crippen LogP contribution in [0.1, 0.15) is 28.8 Å². The molecule has 142 valence electrons. The molecule has 0 fully saturated rings. The Morgan fingerprint density at radius 2 is 2.00 bits per heavy atom. The Balaban J connectivity index is 1.66. The van der Waals surface area contributed by atoms with Crippen molar-refractivity contribution in [2.45, 2.75) is 12.8 Å². The summed E-state index contributed by atoms with van der Waals surface area (Å²) in [5.41, 5.74) is 8.11. The van der Waals surface area contributed by atoms with Crippen LogP contribution in [0.15, 0.2) is 53.9 Å². The second kappa shape index (κ2) is 7.71. The summed E-state index contributed by atoms with van der Waals surface area (Å²) in [6.07, 6.45) is 0. The third kappa shape index (κ3) is 3.64. The summed E-state index contributed by atoms with van der Waals surface area (Å²) < 4.78 is 0. The number of aromatic nitrogens is 1. The first kappa shape index (κ1) is 18.6. The SMILES string of the molecule is CC(CO)c1ccc(-c2cc(C(N)=O)c(Nc3ccc4ccsc4n3)s2)cc1. The van der Waals surface area contributed by atoms with Crippen LogP contribution in [0.25, 0.3) is 20.7 Å².